The molecule has 2 nitrogen and oxygen atoms in total. The summed E-state index contributed by atoms with van der Waals surface area (Å²) >= 11 is 5.56. The van der Waals surface area contributed by atoms with Gasteiger partial charge in [0.1, 0.15) is 11.6 Å². The topological polar surface area (TPSA) is 46.2 Å². The number of rotatable bonds is 2. The van der Waals surface area contributed by atoms with Gasteiger partial charge in [0.25, 0.3) is 0 Å². The van der Waals surface area contributed by atoms with E-state index in [9.17, 15) is 9.50 Å². The Balaban J connectivity index is 3.14. The van der Waals surface area contributed by atoms with Crippen molar-refractivity contribution in [3.8, 4) is 5.75 Å². The number of phenolic OH excluding ortho intramolecular Hbond substituents is 1. The molecule has 0 aliphatic rings. The molecule has 1 rings (SSSR count). The van der Waals surface area contributed by atoms with Crippen LogP contribution < -0.4 is 5.73 Å². The summed E-state index contributed by atoms with van der Waals surface area (Å²) in [5.74, 6) is -0.676. The van der Waals surface area contributed by atoms with Crippen LogP contribution in [0.25, 0.3) is 0 Å². The van der Waals surface area contributed by atoms with Gasteiger partial charge in [0.05, 0.1) is 5.02 Å². The molecular weight excluding hydrogens is 181 g/mol. The largest absolute Gasteiger partial charge is 0.506 e. The van der Waals surface area contributed by atoms with Crippen molar-refractivity contribution in [2.45, 2.75) is 6.42 Å². The number of halogens is 2. The van der Waals surface area contributed by atoms with E-state index >= 15 is 0 Å². The van der Waals surface area contributed by atoms with E-state index in [-0.39, 0.29) is 29.3 Å². The number of benzene rings is 1. The first-order valence-corrected chi connectivity index (χ1v) is 3.90. The van der Waals surface area contributed by atoms with Crippen molar-refractivity contribution < 1.29 is 9.50 Å². The van der Waals surface area contributed by atoms with Crippen LogP contribution in [0.4, 0.5) is 4.39 Å². The van der Waals surface area contributed by atoms with Crippen LogP contribution in [0.5, 0.6) is 5.75 Å². The second-order valence-corrected chi connectivity index (χ2v) is 2.80. The van der Waals surface area contributed by atoms with Crippen molar-refractivity contribution in [1.29, 1.82) is 0 Å². The molecule has 1 aromatic carbocycles. The summed E-state index contributed by atoms with van der Waals surface area (Å²) < 4.78 is 12.9. The zero-order valence-corrected chi connectivity index (χ0v) is 7.11. The molecule has 1 aromatic rings. The molecule has 0 atom stereocenters. The highest BCUT2D eigenvalue weighted by molar-refractivity contribution is 6.32. The molecular formula is C8H9ClFNO. The first-order valence-electron chi connectivity index (χ1n) is 3.52. The number of phenols is 1. The summed E-state index contributed by atoms with van der Waals surface area (Å²) in [5.41, 5.74) is 5.41. The number of aromatic hydroxyl groups is 1. The molecule has 0 unspecified atom stereocenters. The van der Waals surface area contributed by atoms with Crippen molar-refractivity contribution in [3.05, 3.63) is 28.5 Å². The predicted molar refractivity (Wildman–Crippen MR) is 45.8 cm³/mol. The van der Waals surface area contributed by atoms with Crippen molar-refractivity contribution in [2.75, 3.05) is 6.54 Å². The van der Waals surface area contributed by atoms with Gasteiger partial charge in [-0.1, -0.05) is 11.6 Å². The second-order valence-electron chi connectivity index (χ2n) is 2.40. The highest BCUT2D eigenvalue weighted by Crippen LogP contribution is 2.29. The standard InChI is InChI=1S/C8H9ClFNO/c9-6-1-2-7(10)5(3-4-11)8(6)12/h1-2,12H,3-4,11H2. The zero-order valence-electron chi connectivity index (χ0n) is 6.35. The Labute approximate surface area is 74.8 Å². The van der Waals surface area contributed by atoms with Crippen LogP contribution in [0.2, 0.25) is 5.02 Å². The summed E-state index contributed by atoms with van der Waals surface area (Å²) in [6.07, 6.45) is 0.290. The van der Waals surface area contributed by atoms with Gasteiger partial charge in [-0.25, -0.2) is 4.39 Å². The normalized spacial score (nSPS) is 10.2. The Kier molecular flexibility index (Phi) is 2.89. The van der Waals surface area contributed by atoms with Gasteiger partial charge in [-0.15, -0.1) is 0 Å². The highest BCUT2D eigenvalue weighted by atomic mass is 35.5. The molecule has 0 radical (unpaired) electrons. The molecule has 4 heteroatoms. The van der Waals surface area contributed by atoms with Gasteiger partial charge in [-0.3, -0.25) is 0 Å². The predicted octanol–water partition coefficient (Wildman–Crippen LogP) is 1.69. The lowest BCUT2D eigenvalue weighted by atomic mass is 10.1. The third-order valence-electron chi connectivity index (χ3n) is 1.57. The van der Waals surface area contributed by atoms with Gasteiger partial charge >= 0.3 is 0 Å². The second kappa shape index (κ2) is 3.74. The van der Waals surface area contributed by atoms with E-state index in [4.69, 9.17) is 17.3 Å². The first-order chi connectivity index (χ1) is 5.66. The zero-order chi connectivity index (χ0) is 9.14. The summed E-state index contributed by atoms with van der Waals surface area (Å²) in [6, 6.07) is 2.53. The van der Waals surface area contributed by atoms with Crippen LogP contribution in [-0.2, 0) is 6.42 Å². The molecule has 66 valence electrons. The van der Waals surface area contributed by atoms with E-state index in [1.54, 1.807) is 0 Å². The minimum absolute atomic E-state index is 0.153. The monoisotopic (exact) mass is 189 g/mol. The van der Waals surface area contributed by atoms with Gasteiger partial charge in [0.15, 0.2) is 0 Å². The Hall–Kier alpha value is -0.800. The van der Waals surface area contributed by atoms with Gasteiger partial charge < -0.3 is 10.8 Å². The number of nitrogens with two attached hydrogens (primary N) is 1. The summed E-state index contributed by atoms with van der Waals surface area (Å²) in [5, 5.41) is 9.43. The van der Waals surface area contributed by atoms with E-state index in [1.165, 1.54) is 12.1 Å². The Morgan fingerprint density at radius 3 is 2.75 bits per heavy atom. The van der Waals surface area contributed by atoms with E-state index in [0.29, 0.717) is 0 Å². The van der Waals surface area contributed by atoms with E-state index < -0.39 is 5.82 Å². The smallest absolute Gasteiger partial charge is 0.140 e. The SMILES string of the molecule is NCCc1c(F)ccc(Cl)c1O. The van der Waals surface area contributed by atoms with Crippen LogP contribution in [-0.4, -0.2) is 11.7 Å². The van der Waals surface area contributed by atoms with E-state index in [1.807, 2.05) is 0 Å². The summed E-state index contributed by atoms with van der Waals surface area (Å²) in [7, 11) is 0. The van der Waals surface area contributed by atoms with Crippen molar-refractivity contribution >= 4 is 11.6 Å². The molecule has 0 aliphatic heterocycles. The van der Waals surface area contributed by atoms with Crippen LogP contribution in [0.15, 0.2) is 12.1 Å². The van der Waals surface area contributed by atoms with Crippen molar-refractivity contribution in [2.24, 2.45) is 5.73 Å². The number of hydrogen-bond acceptors (Lipinski definition) is 2. The minimum Gasteiger partial charge on any atom is -0.506 e. The molecule has 0 saturated carbocycles. The Morgan fingerprint density at radius 2 is 2.17 bits per heavy atom. The molecule has 0 aromatic heterocycles. The molecule has 0 aliphatic carbocycles. The highest BCUT2D eigenvalue weighted by Gasteiger charge is 2.09. The molecule has 0 heterocycles. The van der Waals surface area contributed by atoms with Crippen molar-refractivity contribution in [1.82, 2.24) is 0 Å². The van der Waals surface area contributed by atoms with Gasteiger partial charge in [0, 0.05) is 5.56 Å². The summed E-state index contributed by atoms with van der Waals surface area (Å²) in [4.78, 5) is 0. The summed E-state index contributed by atoms with van der Waals surface area (Å²) in [6.45, 7) is 0.283. The first kappa shape index (κ1) is 9.29. The fraction of sp³-hybridized carbons (Fsp3) is 0.250. The van der Waals surface area contributed by atoms with E-state index in [2.05, 4.69) is 0 Å². The Bertz CT molecular complexity index is 291. The Morgan fingerprint density at radius 1 is 1.50 bits per heavy atom. The van der Waals surface area contributed by atoms with Crippen LogP contribution in [0.3, 0.4) is 0 Å². The van der Waals surface area contributed by atoms with E-state index in [0.717, 1.165) is 0 Å². The fourth-order valence-electron chi connectivity index (χ4n) is 0.965. The third-order valence-corrected chi connectivity index (χ3v) is 1.88. The van der Waals surface area contributed by atoms with Gasteiger partial charge in [-0.2, -0.15) is 0 Å². The molecule has 12 heavy (non-hydrogen) atoms. The molecule has 0 saturated heterocycles. The molecule has 0 amide bonds. The molecule has 0 fully saturated rings. The van der Waals surface area contributed by atoms with Crippen LogP contribution in [0.1, 0.15) is 5.56 Å². The average molecular weight is 190 g/mol. The third kappa shape index (κ3) is 1.68. The molecule has 0 spiro atoms. The molecule has 0 bridgehead atoms. The van der Waals surface area contributed by atoms with Crippen LogP contribution >= 0.6 is 11.6 Å². The maximum atomic E-state index is 12.9. The lowest BCUT2D eigenvalue weighted by molar-refractivity contribution is 0.459. The maximum Gasteiger partial charge on any atom is 0.140 e. The quantitative estimate of drug-likeness (QED) is 0.744. The average Bonchev–Trinajstić information content (AvgIpc) is 2.06. The minimum atomic E-state index is -0.470. The maximum absolute atomic E-state index is 12.9. The van der Waals surface area contributed by atoms with Gasteiger partial charge in [-0.05, 0) is 25.1 Å². The van der Waals surface area contributed by atoms with Crippen LogP contribution in [0, 0.1) is 5.82 Å². The lowest BCUT2D eigenvalue weighted by Gasteiger charge is -2.05. The van der Waals surface area contributed by atoms with Gasteiger partial charge in [0.2, 0.25) is 0 Å². The fourth-order valence-corrected chi connectivity index (χ4v) is 1.14. The molecule has 3 N–H and O–H groups in total. The number of hydrogen-bond donors (Lipinski definition) is 2. The lowest BCUT2D eigenvalue weighted by Crippen LogP contribution is -2.04. The van der Waals surface area contributed by atoms with Crippen molar-refractivity contribution in [3.63, 3.8) is 0 Å².